The molecule has 0 radical (unpaired) electrons. The van der Waals surface area contributed by atoms with Crippen molar-refractivity contribution in [3.63, 3.8) is 0 Å². The Bertz CT molecular complexity index is 692. The first kappa shape index (κ1) is 15.3. The lowest BCUT2D eigenvalue weighted by Crippen LogP contribution is -2.31. The minimum atomic E-state index is -4.59. The SMILES string of the molecule is Cc1ccccc1C(N)Cn1c(C(F)(F)F)cccc1=O. The van der Waals surface area contributed by atoms with Crippen molar-refractivity contribution in [3.8, 4) is 0 Å². The van der Waals surface area contributed by atoms with E-state index in [9.17, 15) is 18.0 Å². The summed E-state index contributed by atoms with van der Waals surface area (Å²) in [5.41, 5.74) is 5.88. The zero-order valence-corrected chi connectivity index (χ0v) is 11.4. The zero-order valence-electron chi connectivity index (χ0n) is 11.4. The van der Waals surface area contributed by atoms with Gasteiger partial charge in [0.15, 0.2) is 0 Å². The molecule has 2 N–H and O–H groups in total. The smallest absolute Gasteiger partial charge is 0.322 e. The quantitative estimate of drug-likeness (QED) is 0.946. The van der Waals surface area contributed by atoms with Crippen LogP contribution in [0.2, 0.25) is 0 Å². The monoisotopic (exact) mass is 296 g/mol. The predicted octanol–water partition coefficient (Wildman–Crippen LogP) is 2.88. The van der Waals surface area contributed by atoms with Gasteiger partial charge in [-0.15, -0.1) is 0 Å². The van der Waals surface area contributed by atoms with Gasteiger partial charge >= 0.3 is 6.18 Å². The third-order valence-corrected chi connectivity index (χ3v) is 3.31. The van der Waals surface area contributed by atoms with Gasteiger partial charge < -0.3 is 10.3 Å². The van der Waals surface area contributed by atoms with E-state index in [0.29, 0.717) is 4.57 Å². The minimum absolute atomic E-state index is 0.223. The van der Waals surface area contributed by atoms with Crippen molar-refractivity contribution < 1.29 is 13.2 Å². The summed E-state index contributed by atoms with van der Waals surface area (Å²) in [6.07, 6.45) is -4.59. The molecule has 1 aromatic heterocycles. The summed E-state index contributed by atoms with van der Waals surface area (Å²) >= 11 is 0. The van der Waals surface area contributed by atoms with Crippen LogP contribution in [0.1, 0.15) is 22.9 Å². The van der Waals surface area contributed by atoms with Crippen molar-refractivity contribution in [1.82, 2.24) is 4.57 Å². The van der Waals surface area contributed by atoms with E-state index in [0.717, 1.165) is 29.3 Å². The molecule has 0 aliphatic carbocycles. The molecule has 0 spiro atoms. The van der Waals surface area contributed by atoms with Gasteiger partial charge in [-0.2, -0.15) is 13.2 Å². The summed E-state index contributed by atoms with van der Waals surface area (Å²) in [5.74, 6) is 0. The van der Waals surface area contributed by atoms with Crippen LogP contribution in [0.5, 0.6) is 0 Å². The van der Waals surface area contributed by atoms with Crippen LogP contribution in [0, 0.1) is 6.92 Å². The second-order valence-electron chi connectivity index (χ2n) is 4.82. The maximum Gasteiger partial charge on any atom is 0.431 e. The van der Waals surface area contributed by atoms with Crippen molar-refractivity contribution in [2.75, 3.05) is 0 Å². The number of nitrogens with two attached hydrogens (primary N) is 1. The summed E-state index contributed by atoms with van der Waals surface area (Å²) in [6, 6.07) is 9.55. The number of benzene rings is 1. The average Bonchev–Trinajstić information content (AvgIpc) is 2.40. The molecule has 2 rings (SSSR count). The first-order valence-electron chi connectivity index (χ1n) is 6.39. The minimum Gasteiger partial charge on any atom is -0.322 e. The van der Waals surface area contributed by atoms with Crippen molar-refractivity contribution in [2.45, 2.75) is 25.7 Å². The molecule has 112 valence electrons. The van der Waals surface area contributed by atoms with Gasteiger partial charge in [0, 0.05) is 18.7 Å². The van der Waals surface area contributed by atoms with Gasteiger partial charge in [-0.3, -0.25) is 4.79 Å². The Morgan fingerprint density at radius 1 is 1.14 bits per heavy atom. The lowest BCUT2D eigenvalue weighted by Gasteiger charge is -2.20. The third-order valence-electron chi connectivity index (χ3n) is 3.31. The number of hydrogen-bond donors (Lipinski definition) is 1. The number of alkyl halides is 3. The van der Waals surface area contributed by atoms with Gasteiger partial charge in [0.1, 0.15) is 5.69 Å². The number of hydrogen-bond acceptors (Lipinski definition) is 2. The fraction of sp³-hybridized carbons (Fsp3) is 0.267. The normalized spacial score (nSPS) is 13.2. The number of rotatable bonds is 3. The molecular formula is C15H15F3N2O. The second-order valence-corrected chi connectivity index (χ2v) is 4.82. The van der Waals surface area contributed by atoms with E-state index in [-0.39, 0.29) is 6.54 Å². The lowest BCUT2D eigenvalue weighted by molar-refractivity contribution is -0.144. The Morgan fingerprint density at radius 3 is 2.43 bits per heavy atom. The largest absolute Gasteiger partial charge is 0.431 e. The zero-order chi connectivity index (χ0) is 15.6. The van der Waals surface area contributed by atoms with E-state index in [1.165, 1.54) is 0 Å². The van der Waals surface area contributed by atoms with Gasteiger partial charge in [0.25, 0.3) is 5.56 Å². The summed E-state index contributed by atoms with van der Waals surface area (Å²) in [6.45, 7) is 1.60. The molecule has 0 bridgehead atoms. The standard InChI is InChI=1S/C15H15F3N2O/c1-10-5-2-3-6-11(10)12(19)9-20-13(15(16,17)18)7-4-8-14(20)21/h2-8,12H,9,19H2,1H3. The van der Waals surface area contributed by atoms with Crippen molar-refractivity contribution >= 4 is 0 Å². The fourth-order valence-corrected chi connectivity index (χ4v) is 2.25. The highest BCUT2D eigenvalue weighted by Gasteiger charge is 2.34. The van der Waals surface area contributed by atoms with Crippen LogP contribution in [0.25, 0.3) is 0 Å². The van der Waals surface area contributed by atoms with E-state index in [2.05, 4.69) is 0 Å². The highest BCUT2D eigenvalue weighted by atomic mass is 19.4. The van der Waals surface area contributed by atoms with E-state index in [1.54, 1.807) is 12.1 Å². The molecule has 0 amide bonds. The van der Waals surface area contributed by atoms with Crippen LogP contribution in [-0.4, -0.2) is 4.57 Å². The van der Waals surface area contributed by atoms with Gasteiger partial charge in [-0.25, -0.2) is 0 Å². The molecule has 0 fully saturated rings. The van der Waals surface area contributed by atoms with Gasteiger partial charge in [0.2, 0.25) is 0 Å². The Labute approximate surface area is 119 Å². The Kier molecular flexibility index (Phi) is 4.18. The second kappa shape index (κ2) is 5.73. The molecule has 2 aromatic rings. The van der Waals surface area contributed by atoms with Crippen LogP contribution >= 0.6 is 0 Å². The van der Waals surface area contributed by atoms with E-state index < -0.39 is 23.5 Å². The molecule has 1 aromatic carbocycles. The highest BCUT2D eigenvalue weighted by molar-refractivity contribution is 5.28. The molecule has 0 saturated heterocycles. The number of pyridine rings is 1. The lowest BCUT2D eigenvalue weighted by atomic mass is 10.0. The molecule has 0 aliphatic heterocycles. The molecule has 6 heteroatoms. The average molecular weight is 296 g/mol. The van der Waals surface area contributed by atoms with Gasteiger partial charge in [-0.1, -0.05) is 30.3 Å². The first-order valence-corrected chi connectivity index (χ1v) is 6.39. The molecule has 0 saturated carbocycles. The molecule has 0 aliphatic rings. The predicted molar refractivity (Wildman–Crippen MR) is 73.8 cm³/mol. The number of aryl methyl sites for hydroxylation is 1. The Hall–Kier alpha value is -2.08. The molecule has 21 heavy (non-hydrogen) atoms. The van der Waals surface area contributed by atoms with Crippen molar-refractivity contribution in [1.29, 1.82) is 0 Å². The third kappa shape index (κ3) is 3.33. The van der Waals surface area contributed by atoms with E-state index in [4.69, 9.17) is 5.73 Å². The molecule has 1 unspecified atom stereocenters. The van der Waals surface area contributed by atoms with Crippen LogP contribution in [0.4, 0.5) is 13.2 Å². The van der Waals surface area contributed by atoms with Gasteiger partial charge in [0.05, 0.1) is 0 Å². The summed E-state index contributed by atoms with van der Waals surface area (Å²) in [7, 11) is 0. The summed E-state index contributed by atoms with van der Waals surface area (Å²) in [5, 5.41) is 0. The van der Waals surface area contributed by atoms with Crippen LogP contribution in [0.15, 0.2) is 47.3 Å². The fourth-order valence-electron chi connectivity index (χ4n) is 2.25. The maximum atomic E-state index is 13.0. The Balaban J connectivity index is 2.41. The summed E-state index contributed by atoms with van der Waals surface area (Å²) in [4.78, 5) is 11.7. The maximum absolute atomic E-state index is 13.0. The van der Waals surface area contributed by atoms with Crippen LogP contribution in [-0.2, 0) is 12.7 Å². The molecule has 1 heterocycles. The summed E-state index contributed by atoms with van der Waals surface area (Å²) < 4.78 is 39.6. The van der Waals surface area contributed by atoms with Crippen LogP contribution in [0.3, 0.4) is 0 Å². The number of halogens is 3. The van der Waals surface area contributed by atoms with Crippen LogP contribution < -0.4 is 11.3 Å². The topological polar surface area (TPSA) is 48.0 Å². The molecular weight excluding hydrogens is 281 g/mol. The number of aromatic nitrogens is 1. The molecule has 1 atom stereocenters. The molecule has 3 nitrogen and oxygen atoms in total. The Morgan fingerprint density at radius 2 is 1.81 bits per heavy atom. The van der Waals surface area contributed by atoms with E-state index >= 15 is 0 Å². The first-order chi connectivity index (χ1) is 9.80. The van der Waals surface area contributed by atoms with E-state index in [1.807, 2.05) is 19.1 Å². The van der Waals surface area contributed by atoms with Crippen molar-refractivity contribution in [3.05, 3.63) is 69.6 Å². The van der Waals surface area contributed by atoms with Gasteiger partial charge in [-0.05, 0) is 24.1 Å². The highest BCUT2D eigenvalue weighted by Crippen LogP contribution is 2.29. The van der Waals surface area contributed by atoms with Crippen molar-refractivity contribution in [2.24, 2.45) is 5.73 Å². The number of nitrogens with zero attached hydrogens (tertiary/aromatic N) is 1.